The monoisotopic (exact) mass is 1780 g/mol. The molecule has 0 aromatic heterocycles. The van der Waals surface area contributed by atoms with E-state index in [1.54, 1.807) is 0 Å². The topological polar surface area (TPSA) is 800 Å². The van der Waals surface area contributed by atoms with Crippen molar-refractivity contribution >= 4 is 47.3 Å². The number of aliphatic hydroxyl groups is 22. The molecule has 706 valence electrons. The fourth-order valence-electron chi connectivity index (χ4n) is 13.6. The van der Waals surface area contributed by atoms with Gasteiger partial charge in [0.05, 0.1) is 85.2 Å². The van der Waals surface area contributed by atoms with Crippen LogP contribution in [-0.2, 0) is 95.2 Å². The predicted molar refractivity (Wildman–Crippen MR) is 397 cm³/mol. The van der Waals surface area contributed by atoms with Crippen LogP contribution in [0, 0.1) is 0 Å². The fraction of sp³-hybridized carbons (Fsp3) is 0.887. The number of nitrogens with zero attached hydrogens (tertiary/aromatic N) is 1. The first-order valence-corrected chi connectivity index (χ1v) is 40.3. The van der Waals surface area contributed by atoms with Gasteiger partial charge in [-0.3, -0.25) is 43.3 Å². The SMILES string of the molecule is O=C(O)CCCCCNC(=O)C(CCCCNC(=O)CCCCC(=O)NCCO[C@H]1O[C@H](CO[C@H]2O[C@H](CO)[C@@H](O)[C@H](O)[C@@H]2O)[C@@H](O)[C@H](O[C@H]2O[C@H](CO)[C@@H](O)[C@H](O)[C@@H]2O)[C@@H]1O)NC(=O)CCC(C(=O)NCCO[C@H]1O[C@H](CO)[C@@H](O)[C@H](O)[C@@H]1O)N(CC(=O)NCCO[C@H]1O[C@H](CO)[C@@H](O)[C@H](O)[C@@H]1O)CC(=O)NCCO[C@H]1O[C@H](CO)[C@@H](O)[C@H](O)[C@@H]1O. The molecule has 0 saturated carbocycles. The third-order valence-corrected chi connectivity index (χ3v) is 20.8. The highest BCUT2D eigenvalue weighted by atomic mass is 16.8. The maximum atomic E-state index is 14.5. The van der Waals surface area contributed by atoms with E-state index < -0.39 is 336 Å². The van der Waals surface area contributed by atoms with Crippen molar-refractivity contribution < 1.29 is 213 Å². The molecule has 0 bridgehead atoms. The second-order valence-electron chi connectivity index (χ2n) is 29.9. The summed E-state index contributed by atoms with van der Waals surface area (Å²) >= 11 is 0. The number of nitrogens with one attached hydrogen (secondary N) is 7. The molecular formula is C71H124N8O43. The highest BCUT2D eigenvalue weighted by molar-refractivity contribution is 5.89. The summed E-state index contributed by atoms with van der Waals surface area (Å²) in [4.78, 5) is 109. The fourth-order valence-corrected chi connectivity index (χ4v) is 13.6. The molecule has 0 spiro atoms. The third-order valence-electron chi connectivity index (χ3n) is 20.8. The van der Waals surface area contributed by atoms with Gasteiger partial charge < -0.3 is 212 Å². The largest absolute Gasteiger partial charge is 0.481 e. The van der Waals surface area contributed by atoms with E-state index in [1.165, 1.54) is 0 Å². The number of carboxylic acids is 1. The van der Waals surface area contributed by atoms with Gasteiger partial charge in [-0.05, 0) is 51.4 Å². The first kappa shape index (κ1) is 105. The quantitative estimate of drug-likeness (QED) is 0.0252. The van der Waals surface area contributed by atoms with Crippen molar-refractivity contribution in [2.45, 2.75) is 280 Å². The maximum absolute atomic E-state index is 14.5. The van der Waals surface area contributed by atoms with Gasteiger partial charge >= 0.3 is 5.97 Å². The van der Waals surface area contributed by atoms with E-state index in [4.69, 9.17) is 61.9 Å². The molecule has 6 aliphatic rings. The van der Waals surface area contributed by atoms with Crippen LogP contribution in [0.2, 0.25) is 0 Å². The molecule has 0 aliphatic carbocycles. The van der Waals surface area contributed by atoms with Gasteiger partial charge in [0, 0.05) is 65.0 Å². The Kier molecular flexibility index (Phi) is 46.4. The van der Waals surface area contributed by atoms with Crippen molar-refractivity contribution in [2.24, 2.45) is 0 Å². The van der Waals surface area contributed by atoms with E-state index in [1.807, 2.05) is 0 Å². The van der Waals surface area contributed by atoms with Crippen LogP contribution < -0.4 is 37.2 Å². The molecule has 6 aliphatic heterocycles. The first-order valence-electron chi connectivity index (χ1n) is 40.3. The molecular weight excluding hydrogens is 1650 g/mol. The van der Waals surface area contributed by atoms with Crippen molar-refractivity contribution in [3.05, 3.63) is 0 Å². The second kappa shape index (κ2) is 53.9. The Morgan fingerprint density at radius 3 is 1.06 bits per heavy atom. The van der Waals surface area contributed by atoms with Crippen LogP contribution in [-0.4, -0.2) is 484 Å². The van der Waals surface area contributed by atoms with Crippen LogP contribution >= 0.6 is 0 Å². The lowest BCUT2D eigenvalue weighted by Crippen LogP contribution is -2.65. The van der Waals surface area contributed by atoms with Crippen LogP contribution in [0.1, 0.15) is 83.5 Å². The van der Waals surface area contributed by atoms with Gasteiger partial charge in [0.1, 0.15) is 153 Å². The molecule has 7 amide bonds. The summed E-state index contributed by atoms with van der Waals surface area (Å²) < 4.78 is 66.0. The summed E-state index contributed by atoms with van der Waals surface area (Å²) in [6.45, 7) is -9.58. The lowest BCUT2D eigenvalue weighted by Gasteiger charge is -2.46. The Labute approximate surface area is 698 Å². The third kappa shape index (κ3) is 32.0. The minimum absolute atomic E-state index is 0.0454. The molecule has 32 atom stereocenters. The second-order valence-corrected chi connectivity index (χ2v) is 29.9. The van der Waals surface area contributed by atoms with Crippen molar-refractivity contribution in [2.75, 3.05) is 118 Å². The van der Waals surface area contributed by atoms with Crippen molar-refractivity contribution in [1.82, 2.24) is 42.1 Å². The molecule has 30 N–H and O–H groups in total. The molecule has 122 heavy (non-hydrogen) atoms. The van der Waals surface area contributed by atoms with Gasteiger partial charge in [-0.25, -0.2) is 0 Å². The number of hydrogen-bond donors (Lipinski definition) is 30. The number of carbonyl (C=O) groups excluding carboxylic acids is 7. The normalized spacial score (nSPS) is 34.8. The van der Waals surface area contributed by atoms with Gasteiger partial charge in [0.25, 0.3) is 0 Å². The molecule has 6 heterocycles. The lowest BCUT2D eigenvalue weighted by atomic mass is 9.96. The maximum Gasteiger partial charge on any atom is 0.303 e. The summed E-state index contributed by atoms with van der Waals surface area (Å²) in [5, 5.41) is 254. The van der Waals surface area contributed by atoms with E-state index in [0.717, 1.165) is 4.90 Å². The van der Waals surface area contributed by atoms with Crippen LogP contribution in [0.5, 0.6) is 0 Å². The molecule has 6 saturated heterocycles. The van der Waals surface area contributed by atoms with E-state index >= 15 is 0 Å². The van der Waals surface area contributed by atoms with E-state index in [9.17, 15) is 151 Å². The summed E-state index contributed by atoms with van der Waals surface area (Å²) in [7, 11) is 0. The first-order chi connectivity index (χ1) is 58.1. The van der Waals surface area contributed by atoms with Crippen molar-refractivity contribution in [3.63, 3.8) is 0 Å². The zero-order valence-corrected chi connectivity index (χ0v) is 66.8. The van der Waals surface area contributed by atoms with Gasteiger partial charge in [0.15, 0.2) is 37.7 Å². The Morgan fingerprint density at radius 1 is 0.303 bits per heavy atom. The number of rotatable bonds is 53. The van der Waals surface area contributed by atoms with Crippen molar-refractivity contribution in [3.8, 4) is 0 Å². The number of aliphatic carboxylic acids is 1. The van der Waals surface area contributed by atoms with Gasteiger partial charge in [-0.1, -0.05) is 6.42 Å². The van der Waals surface area contributed by atoms with E-state index in [2.05, 4.69) is 37.2 Å². The van der Waals surface area contributed by atoms with Gasteiger partial charge in [-0.15, -0.1) is 0 Å². The van der Waals surface area contributed by atoms with Crippen LogP contribution in [0.4, 0.5) is 0 Å². The zero-order valence-electron chi connectivity index (χ0n) is 66.8. The van der Waals surface area contributed by atoms with Gasteiger partial charge in [0.2, 0.25) is 41.4 Å². The summed E-state index contributed by atoms with van der Waals surface area (Å²) in [6, 6.07) is -2.95. The number of hydrogen-bond acceptors (Lipinski definition) is 43. The van der Waals surface area contributed by atoms with Gasteiger partial charge in [-0.2, -0.15) is 0 Å². The molecule has 6 fully saturated rings. The van der Waals surface area contributed by atoms with Crippen LogP contribution in [0.3, 0.4) is 0 Å². The Morgan fingerprint density at radius 2 is 0.639 bits per heavy atom. The standard InChI is InChI=1S/C71H124N8O43/c80-26-34-46(92)52(98)57(103)66(116-34)111-21-17-74-43(88)24-79(25-44(89)75-18-22-112-67-58(104)53(99)47(93)35(27-81)117-67)33(65(110)77-19-23-113-68-59(105)54(100)48(94)36(28-82)118-68)12-13-42(87)78-32(64(109)76-15-6-1-2-11-45(90)91)8-5-7-14-72-40(85)9-3-4-10-41(86)73-16-20-114-70-62(108)63(122-71-61(107)56(102)50(96)38(30-84)120-71)51(97)39(121-70)31-115-69-60(106)55(101)49(95)37(29-83)119-69/h32-39,46-63,66-71,80-84,92-108H,1-31H2,(H,72,85)(H,73,86)(H,74,88)(H,75,89)(H,76,109)(H,77,110)(H,78,87)(H,90,91)/t32?,33?,34-,35-,36-,37-,38-,39-,46-,47-,48-,49-,50-,51-,52+,53+,54+,55+,56+,57+,58+,59+,60+,61+,62+,63+,66+,67+,68+,69+,70+,71-/m1/s1. The predicted octanol–water partition coefficient (Wildman–Crippen LogP) is -17.1. The molecule has 0 aromatic carbocycles. The van der Waals surface area contributed by atoms with E-state index in [0.29, 0.717) is 12.8 Å². The number of amides is 7. The number of unbranched alkanes of at least 4 members (excludes halogenated alkanes) is 4. The molecule has 2 unspecified atom stereocenters. The summed E-state index contributed by atoms with van der Waals surface area (Å²) in [5.41, 5.74) is 0. The van der Waals surface area contributed by atoms with E-state index in [-0.39, 0.29) is 97.1 Å². The Bertz CT molecular complexity index is 3050. The Balaban J connectivity index is 1.05. The molecule has 51 heteroatoms. The van der Waals surface area contributed by atoms with Crippen LogP contribution in [0.25, 0.3) is 0 Å². The average Bonchev–Trinajstić information content (AvgIpc) is 0.791. The number of ether oxygens (including phenoxy) is 12. The highest BCUT2D eigenvalue weighted by Crippen LogP contribution is 2.32. The molecule has 6 rings (SSSR count). The summed E-state index contributed by atoms with van der Waals surface area (Å²) in [5.74, 6) is -6.31. The summed E-state index contributed by atoms with van der Waals surface area (Å²) in [6.07, 6.45) is -51.5. The molecule has 0 radical (unpaired) electrons. The zero-order chi connectivity index (χ0) is 90.0. The molecule has 51 nitrogen and oxygen atoms in total. The minimum atomic E-state index is -2.00. The van der Waals surface area contributed by atoms with Crippen LogP contribution in [0.15, 0.2) is 0 Å². The Hall–Kier alpha value is -5.64. The lowest BCUT2D eigenvalue weighted by molar-refractivity contribution is -0.366. The highest BCUT2D eigenvalue weighted by Gasteiger charge is 2.54. The smallest absolute Gasteiger partial charge is 0.303 e. The number of carboxylic acid groups (broad SMARTS) is 1. The van der Waals surface area contributed by atoms with Crippen molar-refractivity contribution in [1.29, 1.82) is 0 Å². The number of aliphatic hydroxyl groups excluding tert-OH is 22. The minimum Gasteiger partial charge on any atom is -0.481 e. The number of carbonyl (C=O) groups is 8. The molecule has 0 aromatic rings. The average molecular weight is 1780 g/mol.